The fourth-order valence-electron chi connectivity index (χ4n) is 2.04. The summed E-state index contributed by atoms with van der Waals surface area (Å²) >= 11 is 1.97. The molecule has 3 rings (SSSR count). The zero-order valence-electron chi connectivity index (χ0n) is 8.95. The zero-order valence-corrected chi connectivity index (χ0v) is 9.77. The second-order valence-corrected chi connectivity index (χ2v) is 5.50. The molecule has 0 spiro atoms. The number of hydrogen-bond donors (Lipinski definition) is 1. The van der Waals surface area contributed by atoms with Crippen molar-refractivity contribution in [1.29, 1.82) is 0 Å². The van der Waals surface area contributed by atoms with Crippen molar-refractivity contribution in [1.82, 2.24) is 10.3 Å². The monoisotopic (exact) mass is 224 g/mol. The van der Waals surface area contributed by atoms with E-state index in [4.69, 9.17) is 4.42 Å². The summed E-state index contributed by atoms with van der Waals surface area (Å²) in [6.07, 6.45) is 2.58. The Morgan fingerprint density at radius 3 is 3.00 bits per heavy atom. The summed E-state index contributed by atoms with van der Waals surface area (Å²) in [4.78, 5) is 4.65. The lowest BCUT2D eigenvalue weighted by Gasteiger charge is -2.19. The lowest BCUT2D eigenvalue weighted by atomic mass is 10.2. The van der Waals surface area contributed by atoms with Crippen molar-refractivity contribution in [3.63, 3.8) is 0 Å². The fourth-order valence-corrected chi connectivity index (χ4v) is 2.96. The summed E-state index contributed by atoms with van der Waals surface area (Å²) in [6.45, 7) is 3.11. The van der Waals surface area contributed by atoms with E-state index >= 15 is 0 Å². The Morgan fingerprint density at radius 2 is 2.33 bits per heavy atom. The highest BCUT2D eigenvalue weighted by Gasteiger charge is 2.31. The van der Waals surface area contributed by atoms with E-state index in [-0.39, 0.29) is 0 Å². The molecule has 15 heavy (non-hydrogen) atoms. The Morgan fingerprint density at radius 1 is 1.47 bits per heavy atom. The van der Waals surface area contributed by atoms with Crippen LogP contribution < -0.4 is 5.32 Å². The Labute approximate surface area is 94.0 Å². The molecule has 1 atom stereocenters. The first-order valence-electron chi connectivity index (χ1n) is 5.63. The number of aromatic nitrogens is 1. The summed E-state index contributed by atoms with van der Waals surface area (Å²) < 4.78 is 5.77. The van der Waals surface area contributed by atoms with Crippen molar-refractivity contribution >= 4 is 11.8 Å². The van der Waals surface area contributed by atoms with E-state index in [1.165, 1.54) is 24.3 Å². The van der Waals surface area contributed by atoms with E-state index < -0.39 is 0 Å². The Kier molecular flexibility index (Phi) is 2.48. The number of oxazole rings is 1. The molecule has 0 amide bonds. The van der Waals surface area contributed by atoms with Crippen LogP contribution in [0.2, 0.25) is 0 Å². The van der Waals surface area contributed by atoms with Crippen molar-refractivity contribution in [2.24, 2.45) is 0 Å². The molecular formula is C11H16N2OS. The highest BCUT2D eigenvalue weighted by molar-refractivity contribution is 7.99. The second kappa shape index (κ2) is 3.83. The van der Waals surface area contributed by atoms with Gasteiger partial charge in [-0.1, -0.05) is 0 Å². The minimum absolute atomic E-state index is 0.329. The van der Waals surface area contributed by atoms with Gasteiger partial charge in [-0.3, -0.25) is 0 Å². The van der Waals surface area contributed by atoms with Gasteiger partial charge in [-0.2, -0.15) is 11.8 Å². The smallest absolute Gasteiger partial charge is 0.212 e. The van der Waals surface area contributed by atoms with Gasteiger partial charge in [0, 0.05) is 24.0 Å². The quantitative estimate of drug-likeness (QED) is 0.836. The molecule has 2 heterocycles. The van der Waals surface area contributed by atoms with E-state index in [0.717, 1.165) is 23.9 Å². The minimum Gasteiger partial charge on any atom is -0.444 e. The van der Waals surface area contributed by atoms with Gasteiger partial charge < -0.3 is 9.73 Å². The average Bonchev–Trinajstić information content (AvgIpc) is 3.04. The third kappa shape index (κ3) is 1.93. The molecule has 2 aliphatic rings. The van der Waals surface area contributed by atoms with Gasteiger partial charge in [0.2, 0.25) is 5.89 Å². The highest BCUT2D eigenvalue weighted by atomic mass is 32.2. The summed E-state index contributed by atoms with van der Waals surface area (Å²) in [7, 11) is 0. The van der Waals surface area contributed by atoms with Crippen LogP contribution in [0.4, 0.5) is 0 Å². The van der Waals surface area contributed by atoms with Gasteiger partial charge in [-0.15, -0.1) is 0 Å². The largest absolute Gasteiger partial charge is 0.444 e. The maximum absolute atomic E-state index is 5.77. The first kappa shape index (κ1) is 9.73. The Balaban J connectivity index is 1.81. The maximum atomic E-state index is 5.77. The average molecular weight is 224 g/mol. The van der Waals surface area contributed by atoms with Crippen LogP contribution in [0.3, 0.4) is 0 Å². The zero-order chi connectivity index (χ0) is 10.3. The molecule has 0 aromatic carbocycles. The lowest BCUT2D eigenvalue weighted by Crippen LogP contribution is -2.30. The minimum atomic E-state index is 0.329. The standard InChI is InChI=1S/C11H16N2OS/c1-7-10(8-2-3-8)13-11(14-7)9-6-15-5-4-12-9/h8-9,12H,2-6H2,1H3. The van der Waals surface area contributed by atoms with Crippen molar-refractivity contribution in [2.75, 3.05) is 18.1 Å². The van der Waals surface area contributed by atoms with E-state index in [2.05, 4.69) is 10.3 Å². The van der Waals surface area contributed by atoms with Crippen LogP contribution in [0.25, 0.3) is 0 Å². The topological polar surface area (TPSA) is 38.1 Å². The van der Waals surface area contributed by atoms with Crippen LogP contribution in [-0.4, -0.2) is 23.0 Å². The molecule has 1 aromatic heterocycles. The fraction of sp³-hybridized carbons (Fsp3) is 0.727. The number of nitrogens with zero attached hydrogens (tertiary/aromatic N) is 1. The predicted molar refractivity (Wildman–Crippen MR) is 61.3 cm³/mol. The lowest BCUT2D eigenvalue weighted by molar-refractivity contribution is 0.408. The second-order valence-electron chi connectivity index (χ2n) is 4.35. The number of rotatable bonds is 2. The molecule has 2 fully saturated rings. The summed E-state index contributed by atoms with van der Waals surface area (Å²) in [5.74, 6) is 4.92. The Bertz CT molecular complexity index is 353. The molecule has 1 aliphatic heterocycles. The van der Waals surface area contributed by atoms with E-state index in [0.29, 0.717) is 12.0 Å². The van der Waals surface area contributed by atoms with Crippen LogP contribution in [-0.2, 0) is 0 Å². The van der Waals surface area contributed by atoms with Crippen molar-refractivity contribution in [2.45, 2.75) is 31.7 Å². The van der Waals surface area contributed by atoms with Crippen molar-refractivity contribution in [3.8, 4) is 0 Å². The molecule has 0 radical (unpaired) electrons. The van der Waals surface area contributed by atoms with Crippen LogP contribution in [0.1, 0.15) is 42.1 Å². The number of hydrogen-bond acceptors (Lipinski definition) is 4. The molecule has 1 saturated heterocycles. The SMILES string of the molecule is Cc1oc(C2CSCCN2)nc1C1CC1. The summed E-state index contributed by atoms with van der Waals surface area (Å²) in [5, 5.41) is 3.46. The Hall–Kier alpha value is -0.480. The normalized spacial score (nSPS) is 26.9. The van der Waals surface area contributed by atoms with Gasteiger partial charge in [0.15, 0.2) is 0 Å². The first-order valence-corrected chi connectivity index (χ1v) is 6.78. The molecular weight excluding hydrogens is 208 g/mol. The third-order valence-corrected chi connectivity index (χ3v) is 4.09. The van der Waals surface area contributed by atoms with E-state index in [1.54, 1.807) is 0 Å². The molecule has 1 unspecified atom stereocenters. The highest BCUT2D eigenvalue weighted by Crippen LogP contribution is 2.41. The van der Waals surface area contributed by atoms with Gasteiger partial charge in [-0.05, 0) is 19.8 Å². The summed E-state index contributed by atoms with van der Waals surface area (Å²) in [5.41, 5.74) is 1.21. The molecule has 1 N–H and O–H groups in total. The van der Waals surface area contributed by atoms with Gasteiger partial charge in [0.05, 0.1) is 11.7 Å². The molecule has 0 bridgehead atoms. The van der Waals surface area contributed by atoms with Crippen LogP contribution in [0.15, 0.2) is 4.42 Å². The molecule has 1 saturated carbocycles. The predicted octanol–water partition coefficient (Wildman–Crippen LogP) is 2.24. The maximum Gasteiger partial charge on any atom is 0.212 e. The van der Waals surface area contributed by atoms with Crippen LogP contribution >= 0.6 is 11.8 Å². The van der Waals surface area contributed by atoms with Gasteiger partial charge in [-0.25, -0.2) is 4.98 Å². The van der Waals surface area contributed by atoms with Crippen molar-refractivity contribution < 1.29 is 4.42 Å². The number of nitrogens with one attached hydrogen (secondary N) is 1. The molecule has 4 heteroatoms. The molecule has 1 aromatic rings. The van der Waals surface area contributed by atoms with E-state index in [9.17, 15) is 0 Å². The van der Waals surface area contributed by atoms with Crippen molar-refractivity contribution in [3.05, 3.63) is 17.3 Å². The van der Waals surface area contributed by atoms with Gasteiger partial charge >= 0.3 is 0 Å². The molecule has 82 valence electrons. The van der Waals surface area contributed by atoms with Crippen LogP contribution in [0.5, 0.6) is 0 Å². The van der Waals surface area contributed by atoms with Gasteiger partial charge in [0.1, 0.15) is 5.76 Å². The third-order valence-electron chi connectivity index (χ3n) is 3.03. The van der Waals surface area contributed by atoms with E-state index in [1.807, 2.05) is 18.7 Å². The molecule has 3 nitrogen and oxygen atoms in total. The number of aryl methyl sites for hydroxylation is 1. The molecule has 1 aliphatic carbocycles. The summed E-state index contributed by atoms with van der Waals surface area (Å²) in [6, 6.07) is 0.329. The van der Waals surface area contributed by atoms with Gasteiger partial charge in [0.25, 0.3) is 0 Å². The first-order chi connectivity index (χ1) is 7.34. The number of thioether (sulfide) groups is 1. The van der Waals surface area contributed by atoms with Crippen LogP contribution in [0, 0.1) is 6.92 Å².